The van der Waals surface area contributed by atoms with Gasteiger partial charge in [0.15, 0.2) is 0 Å². The van der Waals surface area contributed by atoms with Gasteiger partial charge in [-0.2, -0.15) is 18.4 Å². The van der Waals surface area contributed by atoms with Crippen LogP contribution in [-0.2, 0) is 14.4 Å². The SMILES string of the molecule is C[C@H]1CCN(C(=O)[C@@H](NC(=O)C(F)(F)F)C(C)(C)C)[C@@H]1C(=O)NC(C#N)c1cncc2ncccc12. The van der Waals surface area contributed by atoms with Crippen molar-refractivity contribution >= 4 is 28.6 Å². The van der Waals surface area contributed by atoms with Gasteiger partial charge in [-0.05, 0) is 23.8 Å². The molecule has 3 rings (SSSR count). The third-order valence-electron chi connectivity index (χ3n) is 6.18. The van der Waals surface area contributed by atoms with Gasteiger partial charge in [-0.15, -0.1) is 0 Å². The van der Waals surface area contributed by atoms with Gasteiger partial charge in [0.2, 0.25) is 11.8 Å². The van der Waals surface area contributed by atoms with Gasteiger partial charge in [-0.3, -0.25) is 24.4 Å². The van der Waals surface area contributed by atoms with Gasteiger partial charge in [0, 0.05) is 29.9 Å². The molecular formula is C24H27F3N6O3. The lowest BCUT2D eigenvalue weighted by atomic mass is 9.85. The van der Waals surface area contributed by atoms with E-state index in [1.54, 1.807) is 30.6 Å². The number of nitrogens with zero attached hydrogens (tertiary/aromatic N) is 4. The second-order valence-corrected chi connectivity index (χ2v) is 9.88. The van der Waals surface area contributed by atoms with Crippen molar-refractivity contribution in [2.45, 2.75) is 58.4 Å². The molecular weight excluding hydrogens is 477 g/mol. The van der Waals surface area contributed by atoms with Crippen molar-refractivity contribution in [3.63, 3.8) is 0 Å². The number of halogens is 3. The van der Waals surface area contributed by atoms with Crippen LogP contribution in [0.25, 0.3) is 10.9 Å². The average Bonchev–Trinajstić information content (AvgIpc) is 3.20. The number of alkyl halides is 3. The van der Waals surface area contributed by atoms with Crippen LogP contribution in [0.5, 0.6) is 0 Å². The second kappa shape index (κ2) is 10.1. The molecule has 3 heterocycles. The molecule has 192 valence electrons. The maximum absolute atomic E-state index is 13.4. The van der Waals surface area contributed by atoms with Crippen molar-refractivity contribution in [2.75, 3.05) is 6.54 Å². The minimum Gasteiger partial charge on any atom is -0.336 e. The lowest BCUT2D eigenvalue weighted by molar-refractivity contribution is -0.176. The number of nitriles is 1. The highest BCUT2D eigenvalue weighted by atomic mass is 19.4. The fourth-order valence-electron chi connectivity index (χ4n) is 4.28. The Kier molecular flexibility index (Phi) is 7.52. The maximum Gasteiger partial charge on any atom is 0.471 e. The Hall–Kier alpha value is -3.75. The number of hydrogen-bond donors (Lipinski definition) is 2. The summed E-state index contributed by atoms with van der Waals surface area (Å²) in [7, 11) is 0. The number of nitrogens with one attached hydrogen (secondary N) is 2. The summed E-state index contributed by atoms with van der Waals surface area (Å²) in [5, 5.41) is 14.9. The Labute approximate surface area is 206 Å². The summed E-state index contributed by atoms with van der Waals surface area (Å²) in [5.41, 5.74) is -0.115. The van der Waals surface area contributed by atoms with Crippen LogP contribution >= 0.6 is 0 Å². The van der Waals surface area contributed by atoms with Crippen LogP contribution in [0.15, 0.2) is 30.7 Å². The summed E-state index contributed by atoms with van der Waals surface area (Å²) >= 11 is 0. The summed E-state index contributed by atoms with van der Waals surface area (Å²) in [5.74, 6) is -3.99. The lowest BCUT2D eigenvalue weighted by Crippen LogP contribution is -2.60. The largest absolute Gasteiger partial charge is 0.471 e. The first-order valence-corrected chi connectivity index (χ1v) is 11.3. The summed E-state index contributed by atoms with van der Waals surface area (Å²) in [6, 6.07) is 1.78. The van der Waals surface area contributed by atoms with Crippen molar-refractivity contribution in [3.05, 3.63) is 36.3 Å². The van der Waals surface area contributed by atoms with E-state index in [4.69, 9.17) is 0 Å². The zero-order valence-corrected chi connectivity index (χ0v) is 20.3. The van der Waals surface area contributed by atoms with Gasteiger partial charge in [0.25, 0.3) is 0 Å². The highest BCUT2D eigenvalue weighted by Gasteiger charge is 2.48. The third-order valence-corrected chi connectivity index (χ3v) is 6.18. The van der Waals surface area contributed by atoms with Crippen LogP contribution in [-0.4, -0.2) is 57.4 Å². The molecule has 2 N–H and O–H groups in total. The van der Waals surface area contributed by atoms with Crippen LogP contribution in [0.1, 0.15) is 45.7 Å². The fraction of sp³-hybridized carbons (Fsp3) is 0.500. The zero-order valence-electron chi connectivity index (χ0n) is 20.3. The summed E-state index contributed by atoms with van der Waals surface area (Å²) in [4.78, 5) is 47.8. The Morgan fingerprint density at radius 3 is 2.50 bits per heavy atom. The van der Waals surface area contributed by atoms with Gasteiger partial charge < -0.3 is 15.5 Å². The number of carbonyl (C=O) groups excluding carboxylic acids is 3. The number of carbonyl (C=O) groups is 3. The molecule has 0 aromatic carbocycles. The van der Waals surface area contributed by atoms with Crippen LogP contribution in [0.3, 0.4) is 0 Å². The molecule has 1 aliphatic rings. The maximum atomic E-state index is 13.4. The minimum atomic E-state index is -5.17. The first-order valence-electron chi connectivity index (χ1n) is 11.3. The molecule has 0 aliphatic carbocycles. The van der Waals surface area contributed by atoms with Crippen molar-refractivity contribution < 1.29 is 27.6 Å². The van der Waals surface area contributed by atoms with Crippen LogP contribution in [0.4, 0.5) is 13.2 Å². The van der Waals surface area contributed by atoms with E-state index in [9.17, 15) is 32.8 Å². The number of fused-ring (bicyclic) bond motifs is 1. The van der Waals surface area contributed by atoms with E-state index in [0.29, 0.717) is 22.9 Å². The number of likely N-dealkylation sites (tertiary alicyclic amines) is 1. The van der Waals surface area contributed by atoms with E-state index in [2.05, 4.69) is 15.3 Å². The second-order valence-electron chi connectivity index (χ2n) is 9.88. The van der Waals surface area contributed by atoms with E-state index in [1.165, 1.54) is 38.1 Å². The molecule has 2 aromatic rings. The van der Waals surface area contributed by atoms with Crippen LogP contribution in [0.2, 0.25) is 0 Å². The van der Waals surface area contributed by atoms with Gasteiger partial charge in [0.05, 0.1) is 17.8 Å². The van der Waals surface area contributed by atoms with Crippen LogP contribution in [0, 0.1) is 22.7 Å². The number of rotatable bonds is 5. The van der Waals surface area contributed by atoms with Crippen molar-refractivity contribution in [1.82, 2.24) is 25.5 Å². The Morgan fingerprint density at radius 2 is 1.89 bits per heavy atom. The molecule has 1 aliphatic heterocycles. The number of amides is 3. The summed E-state index contributed by atoms with van der Waals surface area (Å²) in [6.45, 7) is 6.42. The Bertz CT molecular complexity index is 1200. The van der Waals surface area contributed by atoms with E-state index in [-0.39, 0.29) is 12.5 Å². The zero-order chi connectivity index (χ0) is 26.8. The van der Waals surface area contributed by atoms with E-state index in [0.717, 1.165) is 0 Å². The van der Waals surface area contributed by atoms with Crippen LogP contribution < -0.4 is 10.6 Å². The van der Waals surface area contributed by atoms with Crippen molar-refractivity contribution in [1.29, 1.82) is 5.26 Å². The predicted octanol–water partition coefficient (Wildman–Crippen LogP) is 2.64. The standard InChI is InChI=1S/C24H27F3N6O3/c1-13-7-9-33(21(35)19(23(2,3)4)32-22(36)24(25,26)27)18(13)20(34)31-16(10-28)15-11-29-12-17-14(15)6-5-8-30-17/h5-6,8,11-13,16,18-19H,7,9H2,1-4H3,(H,31,34)(H,32,36)/t13-,16?,18-,19+/m0/s1. The molecule has 0 spiro atoms. The molecule has 0 bridgehead atoms. The number of pyridine rings is 2. The Morgan fingerprint density at radius 1 is 1.19 bits per heavy atom. The summed E-state index contributed by atoms with van der Waals surface area (Å²) < 4.78 is 38.8. The Balaban J connectivity index is 1.87. The topological polar surface area (TPSA) is 128 Å². The van der Waals surface area contributed by atoms with Crippen molar-refractivity contribution in [3.8, 4) is 6.07 Å². The molecule has 3 amide bonds. The molecule has 1 unspecified atom stereocenters. The normalized spacial score (nSPS) is 19.9. The van der Waals surface area contributed by atoms with Gasteiger partial charge in [-0.25, -0.2) is 0 Å². The first-order chi connectivity index (χ1) is 16.8. The van der Waals surface area contributed by atoms with Gasteiger partial charge >= 0.3 is 12.1 Å². The molecule has 0 saturated carbocycles. The molecule has 12 heteroatoms. The van der Waals surface area contributed by atoms with E-state index in [1.807, 2.05) is 6.07 Å². The monoisotopic (exact) mass is 504 g/mol. The quantitative estimate of drug-likeness (QED) is 0.644. The van der Waals surface area contributed by atoms with E-state index >= 15 is 0 Å². The molecule has 9 nitrogen and oxygen atoms in total. The molecule has 36 heavy (non-hydrogen) atoms. The summed E-state index contributed by atoms with van der Waals surface area (Å²) in [6.07, 6.45) is -0.205. The minimum absolute atomic E-state index is 0.115. The van der Waals surface area contributed by atoms with Gasteiger partial charge in [0.1, 0.15) is 18.1 Å². The smallest absolute Gasteiger partial charge is 0.336 e. The predicted molar refractivity (Wildman–Crippen MR) is 123 cm³/mol. The lowest BCUT2D eigenvalue weighted by Gasteiger charge is -2.36. The number of aromatic nitrogens is 2. The molecule has 4 atom stereocenters. The van der Waals surface area contributed by atoms with Gasteiger partial charge in [-0.1, -0.05) is 33.8 Å². The molecule has 2 aromatic heterocycles. The number of hydrogen-bond acceptors (Lipinski definition) is 6. The molecule has 1 saturated heterocycles. The first kappa shape index (κ1) is 26.8. The average molecular weight is 505 g/mol. The molecule has 0 radical (unpaired) electrons. The highest BCUT2D eigenvalue weighted by Crippen LogP contribution is 2.30. The van der Waals surface area contributed by atoms with E-state index < -0.39 is 47.4 Å². The highest BCUT2D eigenvalue weighted by molar-refractivity contribution is 5.94. The molecule has 1 fully saturated rings. The third kappa shape index (κ3) is 5.56. The van der Waals surface area contributed by atoms with Crippen molar-refractivity contribution in [2.24, 2.45) is 11.3 Å². The fourth-order valence-corrected chi connectivity index (χ4v) is 4.28.